The molecule has 0 saturated heterocycles. The summed E-state index contributed by atoms with van der Waals surface area (Å²) in [6, 6.07) is 15.8. The molecule has 1 amide bonds. The summed E-state index contributed by atoms with van der Waals surface area (Å²) in [5.41, 5.74) is 3.45. The molecule has 33 heavy (non-hydrogen) atoms. The van der Waals surface area contributed by atoms with Crippen molar-refractivity contribution in [2.24, 2.45) is 0 Å². The monoisotopic (exact) mass is 497 g/mol. The van der Waals surface area contributed by atoms with E-state index in [2.05, 4.69) is 34.2 Å². The second-order valence-electron chi connectivity index (χ2n) is 7.35. The highest BCUT2D eigenvalue weighted by Gasteiger charge is 2.20. The molecule has 4 aromatic rings. The minimum absolute atomic E-state index is 0.0312. The average molecular weight is 498 g/mol. The van der Waals surface area contributed by atoms with Crippen molar-refractivity contribution in [2.75, 3.05) is 13.1 Å². The molecule has 2 aromatic heterocycles. The third-order valence-electron chi connectivity index (χ3n) is 5.19. The van der Waals surface area contributed by atoms with Gasteiger partial charge in [-0.15, -0.1) is 21.5 Å². The minimum atomic E-state index is -0.0312. The highest BCUT2D eigenvalue weighted by Crippen LogP contribution is 2.33. The number of carbonyl (C=O) groups is 1. The molecule has 0 aliphatic carbocycles. The molecular weight excluding hydrogens is 474 g/mol. The molecule has 0 saturated carbocycles. The van der Waals surface area contributed by atoms with Crippen molar-refractivity contribution in [2.45, 2.75) is 31.7 Å². The highest BCUT2D eigenvalue weighted by molar-refractivity contribution is 7.98. The van der Waals surface area contributed by atoms with Gasteiger partial charge in [0.15, 0.2) is 11.0 Å². The van der Waals surface area contributed by atoms with Gasteiger partial charge in [-0.1, -0.05) is 53.2 Å². The number of nitrogens with zero attached hydrogens (tertiary/aromatic N) is 5. The molecule has 0 N–H and O–H groups in total. The lowest BCUT2D eigenvalue weighted by atomic mass is 10.2. The Kier molecular flexibility index (Phi) is 7.47. The Morgan fingerprint density at radius 3 is 2.52 bits per heavy atom. The van der Waals surface area contributed by atoms with Crippen LogP contribution in [-0.2, 0) is 5.75 Å². The lowest BCUT2D eigenvalue weighted by Gasteiger charge is -2.16. The van der Waals surface area contributed by atoms with Gasteiger partial charge in [-0.3, -0.25) is 9.36 Å². The van der Waals surface area contributed by atoms with E-state index in [1.807, 2.05) is 60.2 Å². The normalized spacial score (nSPS) is 11.0. The van der Waals surface area contributed by atoms with Crippen LogP contribution in [0, 0.1) is 6.92 Å². The lowest BCUT2D eigenvalue weighted by Crippen LogP contribution is -2.30. The zero-order valence-corrected chi connectivity index (χ0v) is 21.0. The molecule has 0 bridgehead atoms. The van der Waals surface area contributed by atoms with Crippen LogP contribution in [0.25, 0.3) is 17.1 Å². The van der Waals surface area contributed by atoms with Crippen molar-refractivity contribution in [3.8, 4) is 17.1 Å². The van der Waals surface area contributed by atoms with Crippen molar-refractivity contribution >= 4 is 40.6 Å². The van der Waals surface area contributed by atoms with Gasteiger partial charge in [0.05, 0.1) is 10.8 Å². The zero-order valence-electron chi connectivity index (χ0n) is 18.7. The molecule has 4 rings (SSSR count). The Labute approximate surface area is 206 Å². The van der Waals surface area contributed by atoms with Crippen LogP contribution in [0.15, 0.2) is 59.1 Å². The number of thioether (sulfide) groups is 1. The number of amides is 1. The number of rotatable bonds is 8. The Hall–Kier alpha value is -2.68. The number of hydrogen-bond acceptors (Lipinski definition) is 6. The molecule has 2 aromatic carbocycles. The first-order valence-corrected chi connectivity index (χ1v) is 12.9. The molecule has 0 unspecified atom stereocenters. The molecule has 6 nitrogen and oxygen atoms in total. The van der Waals surface area contributed by atoms with E-state index in [1.165, 1.54) is 28.7 Å². The van der Waals surface area contributed by atoms with Gasteiger partial charge >= 0.3 is 0 Å². The average Bonchev–Trinajstić information content (AvgIpc) is 3.46. The molecule has 0 aliphatic heterocycles. The largest absolute Gasteiger partial charge is 0.338 e. The van der Waals surface area contributed by atoms with Gasteiger partial charge in [-0.25, -0.2) is 4.98 Å². The standard InChI is InChI=1S/C24H24ClN5OS2/c1-4-29(5-2)23(31)20-14-32-21(26-20)15-33-24-28-27-22(18-8-6-7-9-19(18)25)30(24)17-12-10-16(3)11-13-17/h6-14H,4-5,15H2,1-3H3. The van der Waals surface area contributed by atoms with Crippen LogP contribution in [-0.4, -0.2) is 43.6 Å². The Balaban J connectivity index is 1.63. The number of hydrogen-bond donors (Lipinski definition) is 0. The van der Waals surface area contributed by atoms with Crippen LogP contribution < -0.4 is 0 Å². The summed E-state index contributed by atoms with van der Waals surface area (Å²) in [4.78, 5) is 18.9. The van der Waals surface area contributed by atoms with Crippen LogP contribution in [0.5, 0.6) is 0 Å². The fourth-order valence-corrected chi connectivity index (χ4v) is 5.34. The van der Waals surface area contributed by atoms with E-state index < -0.39 is 0 Å². The molecule has 0 aliphatic rings. The quantitative estimate of drug-likeness (QED) is 0.274. The number of halogens is 1. The maximum Gasteiger partial charge on any atom is 0.273 e. The van der Waals surface area contributed by atoms with Gasteiger partial charge in [0, 0.05) is 29.7 Å². The first-order valence-electron chi connectivity index (χ1n) is 10.7. The number of aromatic nitrogens is 4. The van der Waals surface area contributed by atoms with Crippen molar-refractivity contribution in [3.63, 3.8) is 0 Å². The zero-order chi connectivity index (χ0) is 23.4. The summed E-state index contributed by atoms with van der Waals surface area (Å²) in [5.74, 6) is 1.24. The van der Waals surface area contributed by atoms with Crippen LogP contribution in [0.3, 0.4) is 0 Å². The molecule has 0 fully saturated rings. The molecule has 9 heteroatoms. The predicted molar refractivity (Wildman–Crippen MR) is 135 cm³/mol. The van der Waals surface area contributed by atoms with Crippen LogP contribution in [0.1, 0.15) is 34.9 Å². The van der Waals surface area contributed by atoms with E-state index in [0.29, 0.717) is 35.4 Å². The second kappa shape index (κ2) is 10.5. The number of benzene rings is 2. The Bertz CT molecular complexity index is 1250. The van der Waals surface area contributed by atoms with E-state index in [1.54, 1.807) is 4.90 Å². The van der Waals surface area contributed by atoms with E-state index >= 15 is 0 Å². The SMILES string of the molecule is CCN(CC)C(=O)c1csc(CSc2nnc(-c3ccccc3Cl)n2-c2ccc(C)cc2)n1. The summed E-state index contributed by atoms with van der Waals surface area (Å²) < 4.78 is 2.01. The van der Waals surface area contributed by atoms with Gasteiger partial charge in [0.2, 0.25) is 0 Å². The minimum Gasteiger partial charge on any atom is -0.338 e. The van der Waals surface area contributed by atoms with Crippen molar-refractivity contribution in [1.82, 2.24) is 24.6 Å². The van der Waals surface area contributed by atoms with Gasteiger partial charge < -0.3 is 4.90 Å². The molecular formula is C24H24ClN5OS2. The summed E-state index contributed by atoms with van der Waals surface area (Å²) in [6.07, 6.45) is 0. The Morgan fingerprint density at radius 1 is 1.09 bits per heavy atom. The maximum absolute atomic E-state index is 12.6. The Morgan fingerprint density at radius 2 is 1.82 bits per heavy atom. The van der Waals surface area contributed by atoms with Crippen LogP contribution in [0.2, 0.25) is 5.02 Å². The third-order valence-corrected chi connectivity index (χ3v) is 7.49. The fourth-order valence-electron chi connectivity index (χ4n) is 3.38. The van der Waals surface area contributed by atoms with Crippen molar-refractivity contribution in [3.05, 3.63) is 75.2 Å². The van der Waals surface area contributed by atoms with E-state index in [-0.39, 0.29) is 5.91 Å². The van der Waals surface area contributed by atoms with E-state index in [0.717, 1.165) is 21.4 Å². The van der Waals surface area contributed by atoms with Crippen LogP contribution >= 0.6 is 34.7 Å². The highest BCUT2D eigenvalue weighted by atomic mass is 35.5. The first-order chi connectivity index (χ1) is 16.0. The first kappa shape index (κ1) is 23.5. The summed E-state index contributed by atoms with van der Waals surface area (Å²) in [5, 5.41) is 13.0. The number of thiazole rings is 1. The predicted octanol–water partition coefficient (Wildman–Crippen LogP) is 6.13. The summed E-state index contributed by atoms with van der Waals surface area (Å²) >= 11 is 9.50. The number of carbonyl (C=O) groups excluding carboxylic acids is 1. The van der Waals surface area contributed by atoms with E-state index in [4.69, 9.17) is 11.6 Å². The van der Waals surface area contributed by atoms with E-state index in [9.17, 15) is 4.79 Å². The van der Waals surface area contributed by atoms with Gasteiger partial charge in [0.1, 0.15) is 10.7 Å². The second-order valence-corrected chi connectivity index (χ2v) is 9.64. The fraction of sp³-hybridized carbons (Fsp3) is 0.250. The maximum atomic E-state index is 12.6. The number of aryl methyl sites for hydroxylation is 1. The molecule has 0 atom stereocenters. The van der Waals surface area contributed by atoms with Gasteiger partial charge in [-0.05, 0) is 45.0 Å². The van der Waals surface area contributed by atoms with Crippen LogP contribution in [0.4, 0.5) is 0 Å². The smallest absolute Gasteiger partial charge is 0.273 e. The summed E-state index contributed by atoms with van der Waals surface area (Å²) in [7, 11) is 0. The molecule has 0 spiro atoms. The van der Waals surface area contributed by atoms with Gasteiger partial charge in [-0.2, -0.15) is 0 Å². The lowest BCUT2D eigenvalue weighted by molar-refractivity contribution is 0.0768. The van der Waals surface area contributed by atoms with Crippen molar-refractivity contribution in [1.29, 1.82) is 0 Å². The third kappa shape index (κ3) is 5.13. The molecule has 170 valence electrons. The topological polar surface area (TPSA) is 63.9 Å². The summed E-state index contributed by atoms with van der Waals surface area (Å²) in [6.45, 7) is 7.33. The molecule has 2 heterocycles. The van der Waals surface area contributed by atoms with Crippen molar-refractivity contribution < 1.29 is 4.79 Å². The molecule has 0 radical (unpaired) electrons. The van der Waals surface area contributed by atoms with Gasteiger partial charge in [0.25, 0.3) is 5.91 Å².